The number of ether oxygens (including phenoxy) is 1. The van der Waals surface area contributed by atoms with Crippen molar-refractivity contribution in [3.63, 3.8) is 0 Å². The van der Waals surface area contributed by atoms with Crippen LogP contribution in [0, 0.1) is 0 Å². The Morgan fingerprint density at radius 1 is 1.17 bits per heavy atom. The number of nitrogens with one attached hydrogen (secondary N) is 1. The fourth-order valence-electron chi connectivity index (χ4n) is 2.14. The molecule has 1 N–H and O–H groups in total. The Morgan fingerprint density at radius 3 is 2.42 bits per heavy atom. The first-order valence-corrected chi connectivity index (χ1v) is 9.49. The van der Waals surface area contributed by atoms with E-state index in [0.29, 0.717) is 13.0 Å². The Balaban J connectivity index is 1.99. The van der Waals surface area contributed by atoms with Crippen LogP contribution in [0.4, 0.5) is 0 Å². The summed E-state index contributed by atoms with van der Waals surface area (Å²) in [5, 5.41) is 2.87. The van der Waals surface area contributed by atoms with E-state index in [1.807, 2.05) is 24.3 Å². The third-order valence-corrected chi connectivity index (χ3v) is 5.03. The number of rotatable bonds is 6. The summed E-state index contributed by atoms with van der Waals surface area (Å²) in [5.41, 5.74) is 1.32. The van der Waals surface area contributed by atoms with Crippen molar-refractivity contribution in [1.29, 1.82) is 0 Å². The normalized spacial score (nSPS) is 11.1. The van der Waals surface area contributed by atoms with Crippen molar-refractivity contribution in [1.82, 2.24) is 5.32 Å². The second kappa shape index (κ2) is 7.68. The Kier molecular flexibility index (Phi) is 5.85. The Hall–Kier alpha value is -2.05. The van der Waals surface area contributed by atoms with Crippen LogP contribution in [0.1, 0.15) is 15.9 Å². The number of carbonyl (C=O) groups is 1. The van der Waals surface area contributed by atoms with E-state index in [-0.39, 0.29) is 21.4 Å². The first-order valence-electron chi connectivity index (χ1n) is 7.22. The number of methoxy groups -OCH3 is 1. The van der Waals surface area contributed by atoms with Crippen LogP contribution >= 0.6 is 11.6 Å². The van der Waals surface area contributed by atoms with Crippen LogP contribution in [-0.2, 0) is 16.3 Å². The molecule has 128 valence electrons. The standard InChI is InChI=1S/C17H18ClNO4S/c1-23-14-6-3-12(4-7-14)9-10-19-17(20)13-5-8-15(18)16(11-13)24(2,21)22/h3-8,11H,9-10H2,1-2H3,(H,19,20). The lowest BCUT2D eigenvalue weighted by molar-refractivity contribution is 0.0954. The zero-order chi connectivity index (χ0) is 17.7. The molecule has 2 aromatic carbocycles. The van der Waals surface area contributed by atoms with Crippen LogP contribution in [0.2, 0.25) is 5.02 Å². The molecule has 0 saturated carbocycles. The highest BCUT2D eigenvalue weighted by molar-refractivity contribution is 7.90. The molecule has 24 heavy (non-hydrogen) atoms. The van der Waals surface area contributed by atoms with Gasteiger partial charge in [0, 0.05) is 18.4 Å². The minimum absolute atomic E-state index is 0.0491. The van der Waals surface area contributed by atoms with Crippen LogP contribution in [0.3, 0.4) is 0 Å². The summed E-state index contributed by atoms with van der Waals surface area (Å²) in [6, 6.07) is 11.8. The van der Waals surface area contributed by atoms with E-state index in [9.17, 15) is 13.2 Å². The van der Waals surface area contributed by atoms with Crippen molar-refractivity contribution in [3.8, 4) is 5.75 Å². The number of benzene rings is 2. The molecular weight excluding hydrogens is 350 g/mol. The number of hydrogen-bond acceptors (Lipinski definition) is 4. The molecule has 0 radical (unpaired) electrons. The molecule has 0 unspecified atom stereocenters. The van der Waals surface area contributed by atoms with Crippen LogP contribution < -0.4 is 10.1 Å². The SMILES string of the molecule is COc1ccc(CCNC(=O)c2ccc(Cl)c(S(C)(=O)=O)c2)cc1. The molecule has 0 aromatic heterocycles. The number of amides is 1. The molecule has 0 atom stereocenters. The number of carbonyl (C=O) groups excluding carboxylic acids is 1. The zero-order valence-corrected chi connectivity index (χ0v) is 14.9. The molecular formula is C17H18ClNO4S. The third kappa shape index (κ3) is 4.72. The quantitative estimate of drug-likeness (QED) is 0.852. The van der Waals surface area contributed by atoms with Gasteiger partial charge in [0.2, 0.25) is 0 Å². The van der Waals surface area contributed by atoms with Gasteiger partial charge in [0.15, 0.2) is 9.84 Å². The lowest BCUT2D eigenvalue weighted by atomic mass is 10.1. The van der Waals surface area contributed by atoms with Gasteiger partial charge in [-0.3, -0.25) is 4.79 Å². The first kappa shape index (κ1) is 18.3. The topological polar surface area (TPSA) is 72.5 Å². The van der Waals surface area contributed by atoms with E-state index in [2.05, 4.69) is 5.32 Å². The molecule has 2 aromatic rings. The van der Waals surface area contributed by atoms with Crippen LogP contribution in [0.15, 0.2) is 47.4 Å². The summed E-state index contributed by atoms with van der Waals surface area (Å²) >= 11 is 5.87. The minimum atomic E-state index is -3.48. The van der Waals surface area contributed by atoms with E-state index in [0.717, 1.165) is 17.6 Å². The lowest BCUT2D eigenvalue weighted by Gasteiger charge is -2.08. The van der Waals surface area contributed by atoms with Crippen LogP contribution in [0.25, 0.3) is 0 Å². The predicted molar refractivity (Wildman–Crippen MR) is 93.6 cm³/mol. The molecule has 0 heterocycles. The van der Waals surface area contributed by atoms with Crippen molar-refractivity contribution < 1.29 is 17.9 Å². The van der Waals surface area contributed by atoms with Gasteiger partial charge in [-0.15, -0.1) is 0 Å². The van der Waals surface area contributed by atoms with E-state index in [4.69, 9.17) is 16.3 Å². The number of sulfone groups is 1. The van der Waals surface area contributed by atoms with Gasteiger partial charge in [0.1, 0.15) is 5.75 Å². The molecule has 0 saturated heterocycles. The van der Waals surface area contributed by atoms with E-state index >= 15 is 0 Å². The van der Waals surface area contributed by atoms with Gasteiger partial charge < -0.3 is 10.1 Å². The maximum atomic E-state index is 12.2. The second-order valence-electron chi connectivity index (χ2n) is 5.27. The molecule has 0 bridgehead atoms. The van der Waals surface area contributed by atoms with Gasteiger partial charge in [-0.1, -0.05) is 23.7 Å². The Labute approximate surface area is 146 Å². The minimum Gasteiger partial charge on any atom is -0.497 e. The maximum Gasteiger partial charge on any atom is 0.251 e. The third-order valence-electron chi connectivity index (χ3n) is 3.45. The summed E-state index contributed by atoms with van der Waals surface area (Å²) < 4.78 is 28.4. The largest absolute Gasteiger partial charge is 0.497 e. The Morgan fingerprint density at radius 2 is 1.83 bits per heavy atom. The average molecular weight is 368 g/mol. The predicted octanol–water partition coefficient (Wildman–Crippen LogP) is 2.72. The molecule has 0 aliphatic rings. The molecule has 2 rings (SSSR count). The highest BCUT2D eigenvalue weighted by Crippen LogP contribution is 2.22. The zero-order valence-electron chi connectivity index (χ0n) is 13.4. The molecule has 0 aliphatic carbocycles. The smallest absolute Gasteiger partial charge is 0.251 e. The average Bonchev–Trinajstić information content (AvgIpc) is 2.54. The van der Waals surface area contributed by atoms with Gasteiger partial charge in [0.05, 0.1) is 17.0 Å². The highest BCUT2D eigenvalue weighted by Gasteiger charge is 2.15. The maximum absolute atomic E-state index is 12.2. The van der Waals surface area contributed by atoms with Crippen molar-refractivity contribution in [2.45, 2.75) is 11.3 Å². The van der Waals surface area contributed by atoms with Gasteiger partial charge in [0.25, 0.3) is 5.91 Å². The monoisotopic (exact) mass is 367 g/mol. The fourth-order valence-corrected chi connectivity index (χ4v) is 3.44. The molecule has 7 heteroatoms. The van der Waals surface area contributed by atoms with Gasteiger partial charge >= 0.3 is 0 Å². The van der Waals surface area contributed by atoms with E-state index < -0.39 is 9.84 Å². The first-order chi connectivity index (χ1) is 11.3. The number of hydrogen-bond donors (Lipinski definition) is 1. The highest BCUT2D eigenvalue weighted by atomic mass is 35.5. The van der Waals surface area contributed by atoms with Crippen molar-refractivity contribution in [3.05, 3.63) is 58.6 Å². The van der Waals surface area contributed by atoms with Crippen molar-refractivity contribution in [2.75, 3.05) is 19.9 Å². The van der Waals surface area contributed by atoms with Crippen LogP contribution in [0.5, 0.6) is 5.75 Å². The van der Waals surface area contributed by atoms with Crippen LogP contribution in [-0.4, -0.2) is 34.2 Å². The molecule has 0 spiro atoms. The molecule has 5 nitrogen and oxygen atoms in total. The van der Waals surface area contributed by atoms with Crippen molar-refractivity contribution >= 4 is 27.3 Å². The summed E-state index contributed by atoms with van der Waals surface area (Å²) in [4.78, 5) is 12.1. The van der Waals surface area contributed by atoms with E-state index in [1.165, 1.54) is 18.2 Å². The van der Waals surface area contributed by atoms with E-state index in [1.54, 1.807) is 7.11 Å². The molecule has 0 aliphatic heterocycles. The second-order valence-corrected chi connectivity index (χ2v) is 7.66. The summed E-state index contributed by atoms with van der Waals surface area (Å²) in [7, 11) is -1.88. The van der Waals surface area contributed by atoms with Gasteiger partial charge in [-0.25, -0.2) is 8.42 Å². The Bertz CT molecular complexity index is 832. The summed E-state index contributed by atoms with van der Waals surface area (Å²) in [5.74, 6) is 0.433. The number of halogens is 1. The fraction of sp³-hybridized carbons (Fsp3) is 0.235. The lowest BCUT2D eigenvalue weighted by Crippen LogP contribution is -2.25. The van der Waals surface area contributed by atoms with Gasteiger partial charge in [-0.05, 0) is 42.3 Å². The molecule has 0 fully saturated rings. The summed E-state index contributed by atoms with van der Waals surface area (Å²) in [6.45, 7) is 0.433. The summed E-state index contributed by atoms with van der Waals surface area (Å²) in [6.07, 6.45) is 1.71. The van der Waals surface area contributed by atoms with Crippen molar-refractivity contribution in [2.24, 2.45) is 0 Å². The molecule has 1 amide bonds. The van der Waals surface area contributed by atoms with Gasteiger partial charge in [-0.2, -0.15) is 0 Å².